The van der Waals surface area contributed by atoms with Crippen molar-refractivity contribution in [1.82, 2.24) is 4.90 Å². The highest BCUT2D eigenvalue weighted by Crippen LogP contribution is 2.13. The Hall–Kier alpha value is -1.40. The quantitative estimate of drug-likeness (QED) is 0.875. The van der Waals surface area contributed by atoms with E-state index in [1.54, 1.807) is 4.90 Å². The average Bonchev–Trinajstić information content (AvgIpc) is 2.66. The molecule has 0 aromatic heterocycles. The van der Waals surface area contributed by atoms with Crippen LogP contribution in [0.3, 0.4) is 0 Å². The average molecular weight is 310 g/mol. The summed E-state index contributed by atoms with van der Waals surface area (Å²) in [5.41, 5.74) is 6.83. The van der Waals surface area contributed by atoms with E-state index in [-0.39, 0.29) is 36.4 Å². The van der Waals surface area contributed by atoms with Crippen molar-refractivity contribution in [2.45, 2.75) is 12.8 Å². The van der Waals surface area contributed by atoms with Crippen molar-refractivity contribution < 1.29 is 13.2 Å². The summed E-state index contributed by atoms with van der Waals surface area (Å²) in [6, 6.07) is 9.76. The van der Waals surface area contributed by atoms with E-state index in [4.69, 9.17) is 5.73 Å². The first-order valence-corrected chi connectivity index (χ1v) is 9.07. The highest BCUT2D eigenvalue weighted by atomic mass is 32.2. The zero-order chi connectivity index (χ0) is 15.3. The lowest BCUT2D eigenvalue weighted by Crippen LogP contribution is -2.41. The maximum absolute atomic E-state index is 12.5. The van der Waals surface area contributed by atoms with Crippen LogP contribution < -0.4 is 5.73 Å². The van der Waals surface area contributed by atoms with Gasteiger partial charge < -0.3 is 10.6 Å². The predicted octanol–water partition coefficient (Wildman–Crippen LogP) is 0.451. The summed E-state index contributed by atoms with van der Waals surface area (Å²) in [4.78, 5) is 14.2. The lowest BCUT2D eigenvalue weighted by atomic mass is 9.98. The number of amides is 1. The summed E-state index contributed by atoms with van der Waals surface area (Å²) in [6.45, 7) is 1.06. The van der Waals surface area contributed by atoms with Gasteiger partial charge in [0.15, 0.2) is 9.84 Å². The smallest absolute Gasteiger partial charge is 0.227 e. The molecule has 21 heavy (non-hydrogen) atoms. The molecule has 1 amide bonds. The van der Waals surface area contributed by atoms with E-state index in [1.165, 1.54) is 0 Å². The Labute approximate surface area is 126 Å². The van der Waals surface area contributed by atoms with Gasteiger partial charge in [-0.1, -0.05) is 30.3 Å². The maximum atomic E-state index is 12.5. The van der Waals surface area contributed by atoms with E-state index in [9.17, 15) is 13.2 Å². The van der Waals surface area contributed by atoms with Gasteiger partial charge in [0.2, 0.25) is 5.91 Å². The van der Waals surface area contributed by atoms with Crippen LogP contribution in [0.4, 0.5) is 0 Å². The Bertz CT molecular complexity index is 572. The molecule has 1 heterocycles. The van der Waals surface area contributed by atoms with Crippen LogP contribution in [0.25, 0.3) is 0 Å². The van der Waals surface area contributed by atoms with Crippen LogP contribution in [0, 0.1) is 5.92 Å². The first-order valence-electron chi connectivity index (χ1n) is 7.25. The van der Waals surface area contributed by atoms with Gasteiger partial charge in [0.05, 0.1) is 17.4 Å². The van der Waals surface area contributed by atoms with Crippen molar-refractivity contribution in [3.05, 3.63) is 35.9 Å². The van der Waals surface area contributed by atoms with Gasteiger partial charge >= 0.3 is 0 Å². The molecule has 1 unspecified atom stereocenters. The number of sulfone groups is 1. The van der Waals surface area contributed by atoms with Crippen LogP contribution in [0.1, 0.15) is 12.0 Å². The second-order valence-electron chi connectivity index (χ2n) is 5.45. The molecule has 1 aliphatic rings. The van der Waals surface area contributed by atoms with Crippen molar-refractivity contribution in [3.63, 3.8) is 0 Å². The number of carbonyl (C=O) groups excluding carboxylic acids is 1. The standard InChI is InChI=1S/C15H22N2O3S/c16-12-14(11-13-5-2-1-3-6-13)15(18)17-7-4-9-21(19,20)10-8-17/h1-3,5-6,14H,4,7-12,16H2. The fourth-order valence-corrected chi connectivity index (χ4v) is 3.86. The van der Waals surface area contributed by atoms with Gasteiger partial charge in [-0.25, -0.2) is 8.42 Å². The summed E-state index contributed by atoms with van der Waals surface area (Å²) < 4.78 is 23.2. The van der Waals surface area contributed by atoms with Crippen molar-refractivity contribution in [2.75, 3.05) is 31.1 Å². The Morgan fingerprint density at radius 3 is 2.57 bits per heavy atom. The minimum absolute atomic E-state index is 0.0292. The molecular formula is C15H22N2O3S. The molecule has 5 nitrogen and oxygen atoms in total. The van der Waals surface area contributed by atoms with E-state index in [0.717, 1.165) is 5.56 Å². The van der Waals surface area contributed by atoms with Crippen molar-refractivity contribution in [3.8, 4) is 0 Å². The zero-order valence-electron chi connectivity index (χ0n) is 12.1. The molecular weight excluding hydrogens is 288 g/mol. The molecule has 1 fully saturated rings. The molecule has 1 saturated heterocycles. The molecule has 0 radical (unpaired) electrons. The molecule has 6 heteroatoms. The van der Waals surface area contributed by atoms with Gasteiger partial charge in [-0.05, 0) is 18.4 Å². The second-order valence-corrected chi connectivity index (χ2v) is 7.76. The van der Waals surface area contributed by atoms with Crippen molar-refractivity contribution in [1.29, 1.82) is 0 Å². The maximum Gasteiger partial charge on any atom is 0.227 e. The fraction of sp³-hybridized carbons (Fsp3) is 0.533. The number of carbonyl (C=O) groups is 1. The SMILES string of the molecule is NCC(Cc1ccccc1)C(=O)N1CCCS(=O)(=O)CC1. The molecule has 2 N–H and O–H groups in total. The minimum atomic E-state index is -3.00. The Balaban J connectivity index is 2.02. The van der Waals surface area contributed by atoms with E-state index in [1.807, 2.05) is 30.3 Å². The van der Waals surface area contributed by atoms with Crippen molar-refractivity contribution >= 4 is 15.7 Å². The van der Waals surface area contributed by atoms with E-state index in [2.05, 4.69) is 0 Å². The van der Waals surface area contributed by atoms with Gasteiger partial charge in [-0.15, -0.1) is 0 Å². The molecule has 0 bridgehead atoms. The molecule has 0 spiro atoms. The molecule has 1 aromatic rings. The molecule has 0 aliphatic carbocycles. The number of nitrogens with two attached hydrogens (primary N) is 1. The Morgan fingerprint density at radius 1 is 1.19 bits per heavy atom. The van der Waals surface area contributed by atoms with Gasteiger partial charge in [-0.3, -0.25) is 4.79 Å². The van der Waals surface area contributed by atoms with Crippen molar-refractivity contribution in [2.24, 2.45) is 11.7 Å². The molecule has 0 saturated carbocycles. The normalized spacial score (nSPS) is 19.8. The number of nitrogens with zero attached hydrogens (tertiary/aromatic N) is 1. The van der Waals surface area contributed by atoms with Gasteiger partial charge in [0.25, 0.3) is 0 Å². The van der Waals surface area contributed by atoms with Gasteiger partial charge in [0.1, 0.15) is 0 Å². The van der Waals surface area contributed by atoms with Crippen LogP contribution in [-0.2, 0) is 21.1 Å². The van der Waals surface area contributed by atoms with Crippen LogP contribution in [0.15, 0.2) is 30.3 Å². The second kappa shape index (κ2) is 7.04. The Kier molecular flexibility index (Phi) is 5.36. The van der Waals surface area contributed by atoms with Crippen LogP contribution in [0.5, 0.6) is 0 Å². The number of rotatable bonds is 4. The number of hydrogen-bond donors (Lipinski definition) is 1. The first kappa shape index (κ1) is 16.0. The number of hydrogen-bond acceptors (Lipinski definition) is 4. The largest absolute Gasteiger partial charge is 0.341 e. The Morgan fingerprint density at radius 2 is 1.90 bits per heavy atom. The summed E-state index contributed by atoms with van der Waals surface area (Å²) in [5.74, 6) is -0.0870. The van der Waals surface area contributed by atoms with E-state index < -0.39 is 9.84 Å². The zero-order valence-corrected chi connectivity index (χ0v) is 12.9. The van der Waals surface area contributed by atoms with E-state index in [0.29, 0.717) is 19.4 Å². The lowest BCUT2D eigenvalue weighted by molar-refractivity contribution is -0.134. The lowest BCUT2D eigenvalue weighted by Gasteiger charge is -2.25. The number of benzene rings is 1. The third kappa shape index (κ3) is 4.54. The third-order valence-corrected chi connectivity index (χ3v) is 5.54. The first-order chi connectivity index (χ1) is 10.0. The highest BCUT2D eigenvalue weighted by Gasteiger charge is 2.27. The summed E-state index contributed by atoms with van der Waals surface area (Å²) >= 11 is 0. The predicted molar refractivity (Wildman–Crippen MR) is 82.5 cm³/mol. The minimum Gasteiger partial charge on any atom is -0.341 e. The summed E-state index contributed by atoms with van der Waals surface area (Å²) in [6.07, 6.45) is 1.11. The van der Waals surface area contributed by atoms with Gasteiger partial charge in [-0.2, -0.15) is 0 Å². The highest BCUT2D eigenvalue weighted by molar-refractivity contribution is 7.91. The molecule has 2 rings (SSSR count). The third-order valence-electron chi connectivity index (χ3n) is 3.83. The molecule has 116 valence electrons. The summed E-state index contributed by atoms with van der Waals surface area (Å²) in [5, 5.41) is 0. The van der Waals surface area contributed by atoms with Crippen LogP contribution in [0.2, 0.25) is 0 Å². The van der Waals surface area contributed by atoms with Gasteiger partial charge in [0, 0.05) is 19.6 Å². The van der Waals surface area contributed by atoms with E-state index >= 15 is 0 Å². The topological polar surface area (TPSA) is 80.5 Å². The molecule has 1 aromatic carbocycles. The molecule has 1 atom stereocenters. The monoisotopic (exact) mass is 310 g/mol. The summed E-state index contributed by atoms with van der Waals surface area (Å²) in [7, 11) is -3.00. The van der Waals surface area contributed by atoms with Crippen LogP contribution >= 0.6 is 0 Å². The van der Waals surface area contributed by atoms with Crippen LogP contribution in [-0.4, -0.2) is 50.4 Å². The fourth-order valence-electron chi connectivity index (χ4n) is 2.59. The molecule has 1 aliphatic heterocycles.